The molecule has 1 unspecified atom stereocenters. The summed E-state index contributed by atoms with van der Waals surface area (Å²) in [6, 6.07) is -0.394. The van der Waals surface area contributed by atoms with Crippen molar-refractivity contribution in [2.45, 2.75) is 39.7 Å². The van der Waals surface area contributed by atoms with Gasteiger partial charge < -0.3 is 10.3 Å². The second kappa shape index (κ2) is 4.53. The van der Waals surface area contributed by atoms with Crippen molar-refractivity contribution in [1.29, 1.82) is 0 Å². The highest BCUT2D eigenvalue weighted by molar-refractivity contribution is 5.31. The summed E-state index contributed by atoms with van der Waals surface area (Å²) in [5.41, 5.74) is 9.10. The Morgan fingerprint density at radius 1 is 1.28 bits per heavy atom. The lowest BCUT2D eigenvalue weighted by molar-refractivity contribution is 0.359. The summed E-state index contributed by atoms with van der Waals surface area (Å²) in [4.78, 5) is 4.34. The molecule has 1 atom stereocenters. The molecule has 2 N–H and O–H groups in total. The molecule has 0 fully saturated rings. The molecule has 18 heavy (non-hydrogen) atoms. The van der Waals surface area contributed by atoms with Crippen LogP contribution < -0.4 is 5.73 Å². The average molecular weight is 249 g/mol. The van der Waals surface area contributed by atoms with Crippen molar-refractivity contribution in [2.75, 3.05) is 0 Å². The minimum Gasteiger partial charge on any atom is -0.339 e. The topological polar surface area (TPSA) is 82.8 Å². The smallest absolute Gasteiger partial charge is 0.229 e. The van der Waals surface area contributed by atoms with E-state index in [0.29, 0.717) is 11.7 Å². The van der Waals surface area contributed by atoms with E-state index in [-0.39, 0.29) is 5.92 Å². The van der Waals surface area contributed by atoms with Gasteiger partial charge in [0, 0.05) is 24.2 Å². The lowest BCUT2D eigenvalue weighted by Crippen LogP contribution is -2.15. The van der Waals surface area contributed by atoms with Crippen molar-refractivity contribution < 1.29 is 4.52 Å². The fraction of sp³-hybridized carbons (Fsp3) is 0.583. The van der Waals surface area contributed by atoms with E-state index in [0.717, 1.165) is 17.0 Å². The molecule has 0 spiro atoms. The van der Waals surface area contributed by atoms with Crippen molar-refractivity contribution in [3.8, 4) is 0 Å². The van der Waals surface area contributed by atoms with Crippen LogP contribution in [0.1, 0.15) is 54.5 Å². The Kier molecular flexibility index (Phi) is 3.21. The molecule has 2 heterocycles. The van der Waals surface area contributed by atoms with Gasteiger partial charge in [0.2, 0.25) is 5.89 Å². The highest BCUT2D eigenvalue weighted by atomic mass is 16.5. The molecule has 6 nitrogen and oxygen atoms in total. The van der Waals surface area contributed by atoms with E-state index in [1.807, 2.05) is 39.4 Å². The molecule has 0 aromatic carbocycles. The zero-order valence-corrected chi connectivity index (χ0v) is 11.4. The van der Waals surface area contributed by atoms with Gasteiger partial charge in [-0.05, 0) is 13.8 Å². The van der Waals surface area contributed by atoms with Gasteiger partial charge in [0.15, 0.2) is 5.82 Å². The minimum atomic E-state index is -0.394. The standard InChI is InChI=1S/C12H19N5O/c1-6(2)12-14-11(16-18-12)10(13)9-7(3)15-17(5)8(9)4/h6,10H,13H2,1-5H3. The van der Waals surface area contributed by atoms with Crippen molar-refractivity contribution in [2.24, 2.45) is 12.8 Å². The summed E-state index contributed by atoms with van der Waals surface area (Å²) >= 11 is 0. The van der Waals surface area contributed by atoms with Crippen LogP contribution >= 0.6 is 0 Å². The van der Waals surface area contributed by atoms with E-state index in [1.165, 1.54) is 0 Å². The summed E-state index contributed by atoms with van der Waals surface area (Å²) in [5, 5.41) is 8.31. The molecule has 2 rings (SSSR count). The van der Waals surface area contributed by atoms with Gasteiger partial charge in [-0.15, -0.1) is 0 Å². The normalized spacial score (nSPS) is 13.3. The van der Waals surface area contributed by atoms with Gasteiger partial charge in [-0.3, -0.25) is 4.68 Å². The van der Waals surface area contributed by atoms with E-state index in [2.05, 4.69) is 15.2 Å². The molecule has 0 radical (unpaired) electrons. The molecule has 0 saturated carbocycles. The highest BCUT2D eigenvalue weighted by Crippen LogP contribution is 2.24. The number of nitrogens with zero attached hydrogens (tertiary/aromatic N) is 4. The maximum Gasteiger partial charge on any atom is 0.229 e. The number of hydrogen-bond acceptors (Lipinski definition) is 5. The van der Waals surface area contributed by atoms with Crippen molar-refractivity contribution >= 4 is 0 Å². The molecule has 2 aromatic heterocycles. The minimum absolute atomic E-state index is 0.203. The lowest BCUT2D eigenvalue weighted by Gasteiger charge is -2.07. The molecule has 0 amide bonds. The largest absolute Gasteiger partial charge is 0.339 e. The number of hydrogen-bond donors (Lipinski definition) is 1. The van der Waals surface area contributed by atoms with Gasteiger partial charge in [-0.1, -0.05) is 19.0 Å². The van der Waals surface area contributed by atoms with Crippen LogP contribution in [0.5, 0.6) is 0 Å². The molecule has 2 aromatic rings. The molecule has 0 saturated heterocycles. The van der Waals surface area contributed by atoms with Crippen molar-refractivity contribution in [3.63, 3.8) is 0 Å². The maximum atomic E-state index is 6.21. The predicted molar refractivity (Wildman–Crippen MR) is 67.1 cm³/mol. The van der Waals surface area contributed by atoms with Gasteiger partial charge in [0.05, 0.1) is 11.7 Å². The Balaban J connectivity index is 2.38. The first kappa shape index (κ1) is 12.8. The maximum absolute atomic E-state index is 6.21. The fourth-order valence-electron chi connectivity index (χ4n) is 1.98. The molecule has 6 heteroatoms. The second-order valence-electron chi connectivity index (χ2n) is 4.83. The first-order valence-corrected chi connectivity index (χ1v) is 6.01. The van der Waals surface area contributed by atoms with Gasteiger partial charge in [0.1, 0.15) is 0 Å². The summed E-state index contributed by atoms with van der Waals surface area (Å²) < 4.78 is 7.00. The summed E-state index contributed by atoms with van der Waals surface area (Å²) in [6.07, 6.45) is 0. The number of rotatable bonds is 3. The molecule has 0 bridgehead atoms. The van der Waals surface area contributed by atoms with Crippen LogP contribution in [0, 0.1) is 13.8 Å². The molecular formula is C12H19N5O. The number of nitrogens with two attached hydrogens (primary N) is 1. The van der Waals surface area contributed by atoms with Crippen LogP contribution in [-0.4, -0.2) is 19.9 Å². The first-order valence-electron chi connectivity index (χ1n) is 6.01. The molecule has 98 valence electrons. The van der Waals surface area contributed by atoms with Gasteiger partial charge in [0.25, 0.3) is 0 Å². The van der Waals surface area contributed by atoms with Crippen LogP contribution in [0.3, 0.4) is 0 Å². The molecule has 0 aliphatic rings. The van der Waals surface area contributed by atoms with Gasteiger partial charge in [-0.2, -0.15) is 10.1 Å². The van der Waals surface area contributed by atoms with Crippen molar-refractivity contribution in [3.05, 3.63) is 28.7 Å². The zero-order valence-electron chi connectivity index (χ0n) is 11.4. The monoisotopic (exact) mass is 249 g/mol. The SMILES string of the molecule is Cc1nn(C)c(C)c1C(N)c1noc(C(C)C)n1. The third kappa shape index (κ3) is 2.03. The van der Waals surface area contributed by atoms with E-state index in [9.17, 15) is 0 Å². The van der Waals surface area contributed by atoms with Crippen LogP contribution in [0.4, 0.5) is 0 Å². The summed E-state index contributed by atoms with van der Waals surface area (Å²) in [7, 11) is 1.90. The van der Waals surface area contributed by atoms with Gasteiger partial charge in [-0.25, -0.2) is 0 Å². The zero-order chi connectivity index (χ0) is 13.4. The third-order valence-electron chi connectivity index (χ3n) is 3.11. The molecular weight excluding hydrogens is 230 g/mol. The quantitative estimate of drug-likeness (QED) is 0.893. The van der Waals surface area contributed by atoms with Crippen LogP contribution in [0.25, 0.3) is 0 Å². The Labute approximate surface area is 106 Å². The van der Waals surface area contributed by atoms with E-state index in [1.54, 1.807) is 0 Å². The Morgan fingerprint density at radius 2 is 1.94 bits per heavy atom. The summed E-state index contributed by atoms with van der Waals surface area (Å²) in [6.45, 7) is 7.93. The Morgan fingerprint density at radius 3 is 2.39 bits per heavy atom. The Bertz CT molecular complexity index is 555. The first-order chi connectivity index (χ1) is 8.41. The van der Waals surface area contributed by atoms with Gasteiger partial charge >= 0.3 is 0 Å². The van der Waals surface area contributed by atoms with Crippen LogP contribution in [0.2, 0.25) is 0 Å². The fourth-order valence-corrected chi connectivity index (χ4v) is 1.98. The van der Waals surface area contributed by atoms with E-state index < -0.39 is 6.04 Å². The van der Waals surface area contributed by atoms with Crippen LogP contribution in [0.15, 0.2) is 4.52 Å². The number of aryl methyl sites for hydroxylation is 2. The lowest BCUT2D eigenvalue weighted by atomic mass is 10.1. The van der Waals surface area contributed by atoms with E-state index in [4.69, 9.17) is 10.3 Å². The summed E-state index contributed by atoms with van der Waals surface area (Å²) in [5.74, 6) is 1.33. The highest BCUT2D eigenvalue weighted by Gasteiger charge is 2.23. The predicted octanol–water partition coefficient (Wildman–Crippen LogP) is 1.59. The second-order valence-corrected chi connectivity index (χ2v) is 4.83. The average Bonchev–Trinajstić information content (AvgIpc) is 2.85. The molecule has 0 aliphatic heterocycles. The van der Waals surface area contributed by atoms with Crippen LogP contribution in [-0.2, 0) is 7.05 Å². The Hall–Kier alpha value is -1.69. The van der Waals surface area contributed by atoms with E-state index >= 15 is 0 Å². The molecule has 0 aliphatic carbocycles. The number of aromatic nitrogens is 4. The third-order valence-corrected chi connectivity index (χ3v) is 3.11. The van der Waals surface area contributed by atoms with Crippen molar-refractivity contribution in [1.82, 2.24) is 19.9 Å².